The summed E-state index contributed by atoms with van der Waals surface area (Å²) in [5, 5.41) is 23.8. The molecule has 2 fully saturated rings. The molecule has 9 amide bonds. The topological polar surface area (TPSA) is 265 Å². The van der Waals surface area contributed by atoms with E-state index in [0.29, 0.717) is 50.9 Å². The molecule has 1 aliphatic carbocycles. The molecule has 1 saturated carbocycles. The molecule has 3 rings (SSSR count). The fourth-order valence-corrected chi connectivity index (χ4v) is 7.80. The van der Waals surface area contributed by atoms with Crippen molar-refractivity contribution in [3.05, 3.63) is 35.6 Å². The summed E-state index contributed by atoms with van der Waals surface area (Å²) in [5.74, 6) is 0.0743. The van der Waals surface area contributed by atoms with E-state index >= 15 is 0 Å². The van der Waals surface area contributed by atoms with Crippen LogP contribution in [0.4, 0.5) is 4.39 Å². The number of benzene rings is 1. The van der Waals surface area contributed by atoms with Crippen LogP contribution in [0, 0.1) is 35.4 Å². The first-order chi connectivity index (χ1) is 36.1. The van der Waals surface area contributed by atoms with E-state index in [-0.39, 0.29) is 66.0 Å². The van der Waals surface area contributed by atoms with Crippen molar-refractivity contribution in [2.75, 3.05) is 39.8 Å². The molecule has 0 bridgehead atoms. The lowest BCUT2D eigenvalue weighted by Gasteiger charge is -2.33. The molecule has 0 aromatic heterocycles. The minimum absolute atomic E-state index is 0.0424. The number of amides is 9. The van der Waals surface area contributed by atoms with Gasteiger partial charge in [0.25, 0.3) is 5.91 Å². The lowest BCUT2D eigenvalue weighted by atomic mass is 9.85. The molecule has 0 spiro atoms. The Morgan fingerprint density at radius 1 is 0.692 bits per heavy atom. The van der Waals surface area contributed by atoms with Crippen molar-refractivity contribution in [2.45, 2.75) is 210 Å². The summed E-state index contributed by atoms with van der Waals surface area (Å²) in [4.78, 5) is 108. The average Bonchev–Trinajstić information content (AvgIpc) is 3.73. The van der Waals surface area contributed by atoms with Crippen LogP contribution >= 0.6 is 0 Å². The van der Waals surface area contributed by atoms with Crippen LogP contribution in [0.25, 0.3) is 0 Å². The van der Waals surface area contributed by atoms with Gasteiger partial charge < -0.3 is 52.8 Å². The van der Waals surface area contributed by atoms with E-state index < -0.39 is 40.9 Å². The minimum atomic E-state index is -1.35. The molecule has 0 radical (unpaired) electrons. The summed E-state index contributed by atoms with van der Waals surface area (Å²) in [6, 6.07) is 4.35. The van der Waals surface area contributed by atoms with Gasteiger partial charge in [0.1, 0.15) is 29.0 Å². The molecule has 448 valence electrons. The van der Waals surface area contributed by atoms with Gasteiger partial charge in [-0.3, -0.25) is 43.2 Å². The number of carbonyl (C=O) groups excluding carboxylic acids is 9. The van der Waals surface area contributed by atoms with Crippen LogP contribution in [0.1, 0.15) is 186 Å². The number of likely N-dealkylation sites (N-methyl/N-ethyl adjacent to an activating group) is 1. The molecule has 4 atom stereocenters. The Morgan fingerprint density at radius 2 is 1.21 bits per heavy atom. The molecule has 1 unspecified atom stereocenters. The number of carbonyl (C=O) groups is 9. The standard InChI is InChI=1S/C23H33FN2O2.C20H38N6O5.C7H14N2O2.2C4H10/c1-16-14-21(26(15-16)23(28)19-10-12-20(24)13-11-19)22(27)25-17(2)8-9-18-6-4-3-5-7-18;1-13(2)10-14(24-15(28)11-22-12-27)16(29)25-20(5,6)18(31)26-19(3,4)17(30)23-9-8-21-7;1-7(2,3)9-6(11)4-8-5-10;2*1-4(2)3/h10-13,16-18,21H,3-9,14-15H2,1-2H3,(H,25,27);12-14,21H,8-11H2,1-7H3,(H,22,27)(H,23,30)(H,24,28)(H,25,29)(H,26,31);5H,4H2,1-3H3,(H,8,10)(H,9,11);2*4H,1-3H3/t16?,17-,21+;14-;;;/m10.../s1. The smallest absolute Gasteiger partial charge is 0.254 e. The summed E-state index contributed by atoms with van der Waals surface area (Å²) in [6.07, 6.45) is 10.7. The Morgan fingerprint density at radius 3 is 1.69 bits per heavy atom. The maximum atomic E-state index is 13.2. The van der Waals surface area contributed by atoms with Crippen LogP contribution in [0.3, 0.4) is 0 Å². The first-order valence-corrected chi connectivity index (χ1v) is 28.0. The highest BCUT2D eigenvalue weighted by molar-refractivity contribution is 5.99. The van der Waals surface area contributed by atoms with Gasteiger partial charge in [-0.15, -0.1) is 0 Å². The number of likely N-dealkylation sites (tertiary alicyclic amines) is 1. The third-order valence-electron chi connectivity index (χ3n) is 11.5. The van der Waals surface area contributed by atoms with Crippen LogP contribution < -0.4 is 47.9 Å². The summed E-state index contributed by atoms with van der Waals surface area (Å²) in [6.45, 7) is 34.0. The second kappa shape index (κ2) is 38.8. The molecule has 2 aliphatic rings. The van der Waals surface area contributed by atoms with Crippen molar-refractivity contribution in [3.63, 3.8) is 0 Å². The average molecular weight is 1110 g/mol. The molecule has 1 aromatic rings. The number of rotatable bonds is 23. The highest BCUT2D eigenvalue weighted by Gasteiger charge is 2.40. The van der Waals surface area contributed by atoms with Crippen molar-refractivity contribution < 1.29 is 47.5 Å². The van der Waals surface area contributed by atoms with Crippen LogP contribution in [0.2, 0.25) is 0 Å². The van der Waals surface area contributed by atoms with Crippen LogP contribution in [-0.2, 0) is 38.4 Å². The van der Waals surface area contributed by atoms with Crippen LogP contribution in [0.15, 0.2) is 24.3 Å². The summed E-state index contributed by atoms with van der Waals surface area (Å²) >= 11 is 0. The zero-order valence-corrected chi connectivity index (χ0v) is 51.0. The second-order valence-electron chi connectivity index (χ2n) is 24.4. The number of nitrogens with one attached hydrogen (secondary N) is 9. The van der Waals surface area contributed by atoms with Crippen molar-refractivity contribution >= 4 is 54.2 Å². The van der Waals surface area contributed by atoms with E-state index in [0.717, 1.165) is 24.2 Å². The molecule has 1 heterocycles. The molecule has 1 saturated heterocycles. The van der Waals surface area contributed by atoms with Gasteiger partial charge in [-0.25, -0.2) is 4.39 Å². The predicted molar refractivity (Wildman–Crippen MR) is 308 cm³/mol. The van der Waals surface area contributed by atoms with E-state index in [1.165, 1.54) is 76.6 Å². The maximum Gasteiger partial charge on any atom is 0.254 e. The van der Waals surface area contributed by atoms with Crippen molar-refractivity contribution in [3.8, 4) is 0 Å². The lowest BCUT2D eigenvalue weighted by Crippen LogP contribution is -2.64. The van der Waals surface area contributed by atoms with E-state index in [4.69, 9.17) is 0 Å². The molecule has 1 aromatic carbocycles. The Balaban J connectivity index is 0. The van der Waals surface area contributed by atoms with E-state index in [2.05, 4.69) is 103 Å². The zero-order chi connectivity index (χ0) is 60.4. The Bertz CT molecular complexity index is 1940. The van der Waals surface area contributed by atoms with Crippen LogP contribution in [0.5, 0.6) is 0 Å². The van der Waals surface area contributed by atoms with Crippen molar-refractivity contribution in [2.24, 2.45) is 29.6 Å². The van der Waals surface area contributed by atoms with Crippen LogP contribution in [-0.4, -0.2) is 134 Å². The number of hydrogen-bond acceptors (Lipinski definition) is 10. The van der Waals surface area contributed by atoms with E-state index in [1.54, 1.807) is 25.8 Å². The van der Waals surface area contributed by atoms with Crippen molar-refractivity contribution in [1.82, 2.24) is 52.8 Å². The highest BCUT2D eigenvalue weighted by atomic mass is 19.1. The van der Waals surface area contributed by atoms with E-state index in [9.17, 15) is 47.5 Å². The number of nitrogens with zero attached hydrogens (tertiary/aromatic N) is 1. The molecule has 9 N–H and O–H groups in total. The number of halogens is 1. The lowest BCUT2D eigenvalue weighted by molar-refractivity contribution is -0.138. The first kappa shape index (κ1) is 74.4. The Hall–Kier alpha value is -5.66. The molecular weight excluding hydrogens is 1000 g/mol. The summed E-state index contributed by atoms with van der Waals surface area (Å²) in [5.41, 5.74) is -2.35. The van der Waals surface area contributed by atoms with Gasteiger partial charge in [0.15, 0.2) is 0 Å². The first-order valence-electron chi connectivity index (χ1n) is 28.0. The Labute approximate surface area is 468 Å². The van der Waals surface area contributed by atoms with Gasteiger partial charge in [-0.2, -0.15) is 0 Å². The summed E-state index contributed by atoms with van der Waals surface area (Å²) in [7, 11) is 1.76. The predicted octanol–water partition coefficient (Wildman–Crippen LogP) is 5.90. The Kier molecular flexibility index (Phi) is 37.0. The van der Waals surface area contributed by atoms with Crippen molar-refractivity contribution in [1.29, 1.82) is 0 Å². The second-order valence-corrected chi connectivity index (χ2v) is 24.4. The molecule has 78 heavy (non-hydrogen) atoms. The quantitative estimate of drug-likeness (QED) is 0.0463. The fourth-order valence-electron chi connectivity index (χ4n) is 7.80. The van der Waals surface area contributed by atoms with Gasteiger partial charge in [0, 0.05) is 36.8 Å². The molecule has 20 heteroatoms. The van der Waals surface area contributed by atoms with Gasteiger partial charge >= 0.3 is 0 Å². The van der Waals surface area contributed by atoms with Gasteiger partial charge in [-0.05, 0) is 142 Å². The maximum absolute atomic E-state index is 13.2. The molecule has 19 nitrogen and oxygen atoms in total. The van der Waals surface area contributed by atoms with E-state index in [1.807, 2.05) is 34.6 Å². The normalized spacial score (nSPS) is 16.1. The zero-order valence-electron chi connectivity index (χ0n) is 51.0. The fraction of sp³-hybridized carbons (Fsp3) is 0.741. The molecular formula is C58H105FN10O9. The van der Waals surface area contributed by atoms with Gasteiger partial charge in [-0.1, -0.05) is 94.4 Å². The SMILES string of the molecule is CC(C)(C)NC(=O)CNC=O.CC(C)C.CC(C)C.CC1C[C@@H](C(=O)N[C@H](C)CCC2CCCCC2)N(C(=O)c2ccc(F)cc2)C1.CNCCNC(=O)C(C)(C)NC(=O)C(C)(C)NC(=O)[C@H](CC(C)C)NC(=O)CNC=O. The summed E-state index contributed by atoms with van der Waals surface area (Å²) < 4.78 is 13.2. The largest absolute Gasteiger partial charge is 0.353 e. The number of hydrogen-bond donors (Lipinski definition) is 9. The highest BCUT2D eigenvalue weighted by Crippen LogP contribution is 2.29. The van der Waals surface area contributed by atoms with Gasteiger partial charge in [0.2, 0.25) is 48.3 Å². The monoisotopic (exact) mass is 1100 g/mol. The molecule has 1 aliphatic heterocycles. The minimum Gasteiger partial charge on any atom is -0.353 e. The third kappa shape index (κ3) is 35.7. The van der Waals surface area contributed by atoms with Gasteiger partial charge in [0.05, 0.1) is 13.1 Å². The third-order valence-corrected chi connectivity index (χ3v) is 11.5.